The maximum absolute atomic E-state index is 13.1. The van der Waals surface area contributed by atoms with Crippen LogP contribution in [0.5, 0.6) is 0 Å². The molecule has 1 heterocycles. The first-order valence-corrected chi connectivity index (χ1v) is 7.19. The lowest BCUT2D eigenvalue weighted by Crippen LogP contribution is -2.31. The third-order valence-electron chi connectivity index (χ3n) is 3.81. The minimum atomic E-state index is -4.56. The van der Waals surface area contributed by atoms with Gasteiger partial charge in [0.2, 0.25) is 0 Å². The number of ether oxygens (including phenoxy) is 1. The number of carbonyl (C=O) groups excluding carboxylic acids is 1. The number of aromatic nitrogens is 2. The summed E-state index contributed by atoms with van der Waals surface area (Å²) in [5, 5.41) is 6.65. The smallest absolute Gasteiger partial charge is 0.367 e. The summed E-state index contributed by atoms with van der Waals surface area (Å²) >= 11 is 0. The first kappa shape index (κ1) is 18.0. The Kier molecular flexibility index (Phi) is 5.28. The number of hydrogen-bond acceptors (Lipinski definition) is 3. The Balaban J connectivity index is 2.20. The molecule has 1 aromatic carbocycles. The molecule has 0 fully saturated rings. The molecule has 1 amide bonds. The molecular weight excluding hydrogens is 323 g/mol. The number of methoxy groups -OCH3 is 1. The summed E-state index contributed by atoms with van der Waals surface area (Å²) < 4.78 is 46.0. The SMILES string of the molecule is COC(C(=O)NCc1cnn(C)c1C)c1ccccc1C(F)(F)F. The Morgan fingerprint density at radius 3 is 2.58 bits per heavy atom. The van der Waals surface area contributed by atoms with Crippen molar-refractivity contribution in [2.24, 2.45) is 7.05 Å². The fourth-order valence-corrected chi connectivity index (χ4v) is 2.35. The van der Waals surface area contributed by atoms with E-state index >= 15 is 0 Å². The lowest BCUT2D eigenvalue weighted by Gasteiger charge is -2.20. The van der Waals surface area contributed by atoms with Gasteiger partial charge in [-0.25, -0.2) is 0 Å². The van der Waals surface area contributed by atoms with E-state index in [0.717, 1.165) is 17.3 Å². The number of alkyl halides is 3. The highest BCUT2D eigenvalue weighted by atomic mass is 19.4. The van der Waals surface area contributed by atoms with Crippen molar-refractivity contribution < 1.29 is 22.7 Å². The van der Waals surface area contributed by atoms with Crippen LogP contribution in [0.4, 0.5) is 13.2 Å². The maximum Gasteiger partial charge on any atom is 0.416 e. The number of carbonyl (C=O) groups is 1. The Morgan fingerprint density at radius 1 is 1.38 bits per heavy atom. The van der Waals surface area contributed by atoms with Crippen molar-refractivity contribution in [2.75, 3.05) is 7.11 Å². The largest absolute Gasteiger partial charge is 0.416 e. The summed E-state index contributed by atoms with van der Waals surface area (Å²) in [5.74, 6) is -0.641. The van der Waals surface area contributed by atoms with E-state index in [1.54, 1.807) is 17.9 Å². The first-order valence-electron chi connectivity index (χ1n) is 7.19. The zero-order valence-electron chi connectivity index (χ0n) is 13.5. The fourth-order valence-electron chi connectivity index (χ4n) is 2.35. The Bertz CT molecular complexity index is 726. The van der Waals surface area contributed by atoms with Gasteiger partial charge in [-0.2, -0.15) is 18.3 Å². The minimum Gasteiger partial charge on any atom is -0.367 e. The number of rotatable bonds is 5. The van der Waals surface area contributed by atoms with Crippen molar-refractivity contribution in [3.63, 3.8) is 0 Å². The van der Waals surface area contributed by atoms with Crippen LogP contribution in [0.25, 0.3) is 0 Å². The molecule has 1 atom stereocenters. The summed E-state index contributed by atoms with van der Waals surface area (Å²) in [6.45, 7) is 1.99. The highest BCUT2D eigenvalue weighted by Crippen LogP contribution is 2.35. The Morgan fingerprint density at radius 2 is 2.04 bits per heavy atom. The predicted molar refractivity (Wildman–Crippen MR) is 81.0 cm³/mol. The van der Waals surface area contributed by atoms with Crippen molar-refractivity contribution in [3.8, 4) is 0 Å². The second kappa shape index (κ2) is 7.04. The topological polar surface area (TPSA) is 56.1 Å². The lowest BCUT2D eigenvalue weighted by molar-refractivity contribution is -0.141. The summed E-state index contributed by atoms with van der Waals surface area (Å²) in [6.07, 6.45) is -4.31. The van der Waals surface area contributed by atoms with E-state index in [0.29, 0.717) is 0 Å². The average Bonchev–Trinajstić information content (AvgIpc) is 2.85. The molecule has 2 rings (SSSR count). The van der Waals surface area contributed by atoms with Crippen molar-refractivity contribution in [3.05, 3.63) is 52.8 Å². The summed E-state index contributed by atoms with van der Waals surface area (Å²) in [7, 11) is 2.96. The van der Waals surface area contributed by atoms with Crippen molar-refractivity contribution >= 4 is 5.91 Å². The molecule has 8 heteroatoms. The summed E-state index contributed by atoms with van der Waals surface area (Å²) in [5.41, 5.74) is 0.544. The van der Waals surface area contributed by atoms with Crippen LogP contribution in [0.2, 0.25) is 0 Å². The van der Waals surface area contributed by atoms with Crippen LogP contribution in [-0.4, -0.2) is 22.8 Å². The van der Waals surface area contributed by atoms with Crippen LogP contribution in [0.15, 0.2) is 30.5 Å². The number of aryl methyl sites for hydroxylation is 1. The van der Waals surface area contributed by atoms with Gasteiger partial charge in [0, 0.05) is 37.5 Å². The van der Waals surface area contributed by atoms with Gasteiger partial charge in [0.1, 0.15) is 0 Å². The molecule has 130 valence electrons. The van der Waals surface area contributed by atoms with E-state index in [4.69, 9.17) is 4.74 Å². The van der Waals surface area contributed by atoms with E-state index in [1.165, 1.54) is 25.3 Å². The Labute approximate surface area is 137 Å². The molecule has 0 saturated carbocycles. The second-order valence-electron chi connectivity index (χ2n) is 5.30. The zero-order chi connectivity index (χ0) is 17.9. The molecule has 1 N–H and O–H groups in total. The van der Waals surface area contributed by atoms with Gasteiger partial charge in [-0.05, 0) is 13.0 Å². The van der Waals surface area contributed by atoms with Crippen molar-refractivity contribution in [1.29, 1.82) is 0 Å². The highest BCUT2D eigenvalue weighted by Gasteiger charge is 2.36. The van der Waals surface area contributed by atoms with Gasteiger partial charge < -0.3 is 10.1 Å². The molecule has 0 bridgehead atoms. The zero-order valence-corrected chi connectivity index (χ0v) is 13.5. The minimum absolute atomic E-state index is 0.159. The second-order valence-corrected chi connectivity index (χ2v) is 5.30. The molecule has 2 aromatic rings. The quantitative estimate of drug-likeness (QED) is 0.910. The van der Waals surface area contributed by atoms with Gasteiger partial charge >= 0.3 is 6.18 Å². The first-order chi connectivity index (χ1) is 11.3. The summed E-state index contributed by atoms with van der Waals surface area (Å²) in [4.78, 5) is 12.3. The Hall–Kier alpha value is -2.35. The van der Waals surface area contributed by atoms with Gasteiger partial charge in [-0.3, -0.25) is 9.48 Å². The summed E-state index contributed by atoms with van der Waals surface area (Å²) in [6, 6.07) is 4.89. The number of amides is 1. The standard InChI is InChI=1S/C16H18F3N3O2/c1-10-11(9-21-22(10)2)8-20-15(23)14(24-3)12-6-4-5-7-13(12)16(17,18)19/h4-7,9,14H,8H2,1-3H3,(H,20,23). The molecule has 0 aliphatic carbocycles. The van der Waals surface area contributed by atoms with Gasteiger partial charge in [-0.1, -0.05) is 18.2 Å². The predicted octanol–water partition coefficient (Wildman–Crippen LogP) is 2.75. The molecule has 5 nitrogen and oxygen atoms in total. The van der Waals surface area contributed by atoms with Crippen molar-refractivity contribution in [2.45, 2.75) is 25.7 Å². The van der Waals surface area contributed by atoms with E-state index in [2.05, 4.69) is 10.4 Å². The van der Waals surface area contributed by atoms with E-state index in [-0.39, 0.29) is 12.1 Å². The lowest BCUT2D eigenvalue weighted by atomic mass is 10.0. The van der Waals surface area contributed by atoms with Crippen LogP contribution in [0.1, 0.15) is 28.5 Å². The van der Waals surface area contributed by atoms with E-state index in [9.17, 15) is 18.0 Å². The van der Waals surface area contributed by atoms with Crippen LogP contribution < -0.4 is 5.32 Å². The molecule has 0 radical (unpaired) electrons. The fraction of sp³-hybridized carbons (Fsp3) is 0.375. The van der Waals surface area contributed by atoms with Crippen LogP contribution in [-0.2, 0) is 29.3 Å². The van der Waals surface area contributed by atoms with E-state index in [1.807, 2.05) is 6.92 Å². The average molecular weight is 341 g/mol. The number of halogens is 3. The number of nitrogens with one attached hydrogen (secondary N) is 1. The van der Waals surface area contributed by atoms with Crippen LogP contribution in [0.3, 0.4) is 0 Å². The van der Waals surface area contributed by atoms with E-state index < -0.39 is 23.8 Å². The molecular formula is C16H18F3N3O2. The number of benzene rings is 1. The third kappa shape index (κ3) is 3.76. The third-order valence-corrected chi connectivity index (χ3v) is 3.81. The van der Waals surface area contributed by atoms with Crippen LogP contribution in [0, 0.1) is 6.92 Å². The van der Waals surface area contributed by atoms with Gasteiger partial charge in [0.15, 0.2) is 6.10 Å². The highest BCUT2D eigenvalue weighted by molar-refractivity contribution is 5.82. The van der Waals surface area contributed by atoms with Gasteiger partial charge in [-0.15, -0.1) is 0 Å². The van der Waals surface area contributed by atoms with Gasteiger partial charge in [0.05, 0.1) is 11.8 Å². The maximum atomic E-state index is 13.1. The normalized spacial score (nSPS) is 12.9. The number of nitrogens with zero attached hydrogens (tertiary/aromatic N) is 2. The van der Waals surface area contributed by atoms with Crippen LogP contribution >= 0.6 is 0 Å². The monoisotopic (exact) mass is 341 g/mol. The van der Waals surface area contributed by atoms with Crippen molar-refractivity contribution in [1.82, 2.24) is 15.1 Å². The number of hydrogen-bond donors (Lipinski definition) is 1. The molecule has 0 aliphatic heterocycles. The molecule has 0 spiro atoms. The molecule has 0 aliphatic rings. The molecule has 24 heavy (non-hydrogen) atoms. The molecule has 1 aromatic heterocycles. The molecule has 0 saturated heterocycles. The molecule has 1 unspecified atom stereocenters. The van der Waals surface area contributed by atoms with Gasteiger partial charge in [0.25, 0.3) is 5.91 Å².